The summed E-state index contributed by atoms with van der Waals surface area (Å²) in [6, 6.07) is 14.4. The Kier molecular flexibility index (Phi) is 9.51. The number of nitrogens with two attached hydrogens (primary N) is 1. The van der Waals surface area contributed by atoms with E-state index < -0.39 is 29.6 Å². The first kappa shape index (κ1) is 31.1. The maximum atomic E-state index is 15.5. The number of hydrogen-bond donors (Lipinski definition) is 4. The van der Waals surface area contributed by atoms with Gasteiger partial charge in [-0.25, -0.2) is 18.7 Å². The maximum Gasteiger partial charge on any atom is 0.490 e. The maximum absolute atomic E-state index is 15.5. The number of H-pyrrole nitrogens is 1. The Hall–Kier alpha value is -5.41. The molecule has 12 nitrogen and oxygen atoms in total. The molecule has 2 aromatic heterocycles. The average molecular weight is 593 g/mol. The molecule has 5 N–H and O–H groups in total. The number of carboxylic acids is 1. The van der Waals surface area contributed by atoms with Crippen LogP contribution in [0.15, 0.2) is 65.6 Å². The lowest BCUT2D eigenvalue weighted by atomic mass is 9.90. The molecule has 0 aliphatic carbocycles. The first-order valence-electron chi connectivity index (χ1n) is 11.8. The van der Waals surface area contributed by atoms with Gasteiger partial charge in [0.1, 0.15) is 11.6 Å². The number of carbonyl (C=O) groups is 1. The van der Waals surface area contributed by atoms with E-state index in [4.69, 9.17) is 30.5 Å². The van der Waals surface area contributed by atoms with Crippen LogP contribution < -0.4 is 25.6 Å². The van der Waals surface area contributed by atoms with Gasteiger partial charge >= 0.3 is 23.7 Å². The fourth-order valence-electron chi connectivity index (χ4n) is 3.76. The second-order valence-electron chi connectivity index (χ2n) is 8.51. The SMILES string of the molecule is COc1cc(OC)c(F)c(C(Cc2ccc(C(=N)N)cc2)c2nn(-c3cccc[n+]3[O-])c(=O)[nH]2)c1.O=C(O)C(F)(F)F. The van der Waals surface area contributed by atoms with Gasteiger partial charge in [0, 0.05) is 23.3 Å². The number of alkyl halides is 3. The number of nitrogen functional groups attached to an aromatic ring is 1. The van der Waals surface area contributed by atoms with Crippen molar-refractivity contribution in [1.29, 1.82) is 5.41 Å². The minimum atomic E-state index is -5.08. The minimum Gasteiger partial charge on any atom is -0.711 e. The van der Waals surface area contributed by atoms with Crippen molar-refractivity contribution in [3.05, 3.63) is 105 Å². The van der Waals surface area contributed by atoms with Gasteiger partial charge in [-0.3, -0.25) is 10.4 Å². The molecule has 4 aromatic rings. The van der Waals surface area contributed by atoms with Crippen LogP contribution in [0.3, 0.4) is 0 Å². The molecule has 0 radical (unpaired) electrons. The number of carboxylic acid groups (broad SMARTS) is 1. The topological polar surface area (TPSA) is 183 Å². The summed E-state index contributed by atoms with van der Waals surface area (Å²) < 4.78 is 59.2. The highest BCUT2D eigenvalue weighted by molar-refractivity contribution is 5.94. The van der Waals surface area contributed by atoms with Crippen LogP contribution >= 0.6 is 0 Å². The molecule has 222 valence electrons. The Balaban J connectivity index is 0.000000616. The van der Waals surface area contributed by atoms with Crippen LogP contribution in [0.2, 0.25) is 0 Å². The normalized spacial score (nSPS) is 11.7. The van der Waals surface area contributed by atoms with Crippen molar-refractivity contribution in [3.8, 4) is 17.3 Å². The van der Waals surface area contributed by atoms with Crippen molar-refractivity contribution in [1.82, 2.24) is 14.8 Å². The van der Waals surface area contributed by atoms with E-state index in [-0.39, 0.29) is 35.2 Å². The summed E-state index contributed by atoms with van der Waals surface area (Å²) in [6.45, 7) is 0. The summed E-state index contributed by atoms with van der Waals surface area (Å²) in [4.78, 5) is 24.3. The number of aromatic nitrogens is 4. The van der Waals surface area contributed by atoms with Crippen molar-refractivity contribution in [2.24, 2.45) is 5.73 Å². The number of methoxy groups -OCH3 is 2. The van der Waals surface area contributed by atoms with Gasteiger partial charge in [0.2, 0.25) is 0 Å². The molecular formula is C26H24F4N6O6. The van der Waals surface area contributed by atoms with Gasteiger partial charge in [-0.05, 0) is 28.8 Å². The van der Waals surface area contributed by atoms with Gasteiger partial charge in [0.25, 0.3) is 0 Å². The van der Waals surface area contributed by atoms with E-state index >= 15 is 4.39 Å². The molecule has 0 amide bonds. The lowest BCUT2D eigenvalue weighted by Crippen LogP contribution is -2.35. The van der Waals surface area contributed by atoms with Gasteiger partial charge in [-0.15, -0.1) is 0 Å². The van der Waals surface area contributed by atoms with E-state index in [0.717, 1.165) is 10.2 Å². The number of pyridine rings is 1. The summed E-state index contributed by atoms with van der Waals surface area (Å²) in [5.41, 5.74) is 6.39. The summed E-state index contributed by atoms with van der Waals surface area (Å²) in [5, 5.41) is 31.2. The highest BCUT2D eigenvalue weighted by Gasteiger charge is 2.38. The Morgan fingerprint density at radius 1 is 1.19 bits per heavy atom. The molecule has 2 heterocycles. The fraction of sp³-hybridized carbons (Fsp3) is 0.192. The van der Waals surface area contributed by atoms with Gasteiger partial charge in [-0.2, -0.15) is 13.2 Å². The summed E-state index contributed by atoms with van der Waals surface area (Å²) in [7, 11) is 2.79. The number of hydrogen-bond acceptors (Lipinski definition) is 7. The van der Waals surface area contributed by atoms with Crippen molar-refractivity contribution in [2.45, 2.75) is 18.5 Å². The Morgan fingerprint density at radius 2 is 1.83 bits per heavy atom. The quantitative estimate of drug-likeness (QED) is 0.0791. The molecule has 16 heteroatoms. The third kappa shape index (κ3) is 7.21. The monoisotopic (exact) mass is 592 g/mol. The molecule has 0 aliphatic heterocycles. The zero-order valence-electron chi connectivity index (χ0n) is 22.0. The van der Waals surface area contributed by atoms with Gasteiger partial charge in [-0.1, -0.05) is 35.4 Å². The number of benzene rings is 2. The summed E-state index contributed by atoms with van der Waals surface area (Å²) in [6.07, 6.45) is -3.61. The zero-order valence-corrected chi connectivity index (χ0v) is 22.0. The smallest absolute Gasteiger partial charge is 0.490 e. The Bertz CT molecular complexity index is 1640. The van der Waals surface area contributed by atoms with Crippen LogP contribution in [0.25, 0.3) is 5.82 Å². The predicted octanol–water partition coefficient (Wildman–Crippen LogP) is 2.64. The van der Waals surface area contributed by atoms with Crippen LogP contribution in [0, 0.1) is 16.4 Å². The number of amidine groups is 1. The van der Waals surface area contributed by atoms with E-state index in [1.165, 1.54) is 44.7 Å². The molecule has 2 aromatic carbocycles. The third-order valence-electron chi connectivity index (χ3n) is 5.81. The van der Waals surface area contributed by atoms with E-state index in [2.05, 4.69) is 10.1 Å². The number of rotatable bonds is 8. The average Bonchev–Trinajstić information content (AvgIpc) is 3.33. The molecular weight excluding hydrogens is 568 g/mol. The number of nitrogens with zero attached hydrogens (tertiary/aromatic N) is 3. The standard InChI is InChI=1S/C24H23FN6O4.C2HF3O2/c1-34-16-12-17(21(25)19(13-16)35-2)18(11-14-6-8-15(9-7-14)22(26)27)23-28-24(32)31(29-23)20-5-3-4-10-30(20)33;3-2(4,5)1(6)7/h3-10,12-13,18H,11H2,1-2H3,(H3,26,27)(H,28,29,32);(H,6,7). The van der Waals surface area contributed by atoms with Crippen LogP contribution in [0.1, 0.15) is 28.4 Å². The predicted molar refractivity (Wildman–Crippen MR) is 139 cm³/mol. The number of aliphatic carboxylic acids is 1. The molecule has 0 fully saturated rings. The van der Waals surface area contributed by atoms with Crippen LogP contribution in [0.4, 0.5) is 17.6 Å². The highest BCUT2D eigenvalue weighted by Crippen LogP contribution is 2.35. The highest BCUT2D eigenvalue weighted by atomic mass is 19.4. The number of aromatic amines is 1. The molecule has 42 heavy (non-hydrogen) atoms. The van der Waals surface area contributed by atoms with Crippen LogP contribution in [-0.2, 0) is 11.2 Å². The molecule has 4 rings (SSSR count). The lowest BCUT2D eigenvalue weighted by molar-refractivity contribution is -0.600. The Labute approximate surface area is 234 Å². The molecule has 0 saturated carbocycles. The van der Waals surface area contributed by atoms with Gasteiger partial charge in [0.15, 0.2) is 17.4 Å². The molecule has 0 saturated heterocycles. The molecule has 0 spiro atoms. The number of halogens is 4. The second kappa shape index (κ2) is 12.8. The van der Waals surface area contributed by atoms with Crippen molar-refractivity contribution in [3.63, 3.8) is 0 Å². The van der Waals surface area contributed by atoms with Crippen LogP contribution in [-0.4, -0.2) is 52.1 Å². The molecule has 0 aliphatic rings. The van der Waals surface area contributed by atoms with E-state index in [1.54, 1.807) is 30.3 Å². The Morgan fingerprint density at radius 3 is 2.36 bits per heavy atom. The molecule has 0 bridgehead atoms. The molecule has 1 atom stereocenters. The zero-order chi connectivity index (χ0) is 31.2. The largest absolute Gasteiger partial charge is 0.711 e. The summed E-state index contributed by atoms with van der Waals surface area (Å²) in [5.74, 6) is -3.78. The van der Waals surface area contributed by atoms with E-state index in [1.807, 2.05) is 0 Å². The first-order chi connectivity index (χ1) is 19.8. The van der Waals surface area contributed by atoms with Crippen molar-refractivity contribution >= 4 is 11.8 Å². The summed E-state index contributed by atoms with van der Waals surface area (Å²) >= 11 is 0. The second-order valence-corrected chi connectivity index (χ2v) is 8.51. The third-order valence-corrected chi connectivity index (χ3v) is 5.81. The van der Waals surface area contributed by atoms with Crippen molar-refractivity contribution < 1.29 is 41.7 Å². The number of ether oxygens (including phenoxy) is 2. The number of nitrogens with one attached hydrogen (secondary N) is 2. The fourth-order valence-corrected chi connectivity index (χ4v) is 3.76. The lowest BCUT2D eigenvalue weighted by Gasteiger charge is -2.18. The van der Waals surface area contributed by atoms with E-state index in [9.17, 15) is 23.2 Å². The molecule has 1 unspecified atom stereocenters. The first-order valence-corrected chi connectivity index (χ1v) is 11.8. The van der Waals surface area contributed by atoms with Gasteiger partial charge in [0.05, 0.1) is 26.3 Å². The minimum absolute atomic E-state index is 0.00624. The van der Waals surface area contributed by atoms with Gasteiger partial charge < -0.3 is 25.5 Å². The van der Waals surface area contributed by atoms with Crippen LogP contribution in [0.5, 0.6) is 11.5 Å². The van der Waals surface area contributed by atoms with E-state index in [0.29, 0.717) is 16.0 Å². The van der Waals surface area contributed by atoms with Crippen molar-refractivity contribution in [2.75, 3.05) is 14.2 Å².